The quantitative estimate of drug-likeness (QED) is 0.808. The van der Waals surface area contributed by atoms with Gasteiger partial charge in [-0.25, -0.2) is 4.39 Å². The number of hydrogen-bond acceptors (Lipinski definition) is 3. The van der Waals surface area contributed by atoms with Crippen LogP contribution in [0.5, 0.6) is 0 Å². The van der Waals surface area contributed by atoms with Crippen LogP contribution in [0.4, 0.5) is 4.39 Å². The van der Waals surface area contributed by atoms with Gasteiger partial charge in [0, 0.05) is 13.1 Å². The van der Waals surface area contributed by atoms with Crippen LogP contribution in [0.25, 0.3) is 0 Å². The lowest BCUT2D eigenvalue weighted by Gasteiger charge is -2.25. The molecule has 4 nitrogen and oxygen atoms in total. The Hall–Kier alpha value is -1.46. The molecule has 0 fully saturated rings. The van der Waals surface area contributed by atoms with Gasteiger partial charge in [-0.05, 0) is 31.5 Å². The van der Waals surface area contributed by atoms with Crippen LogP contribution in [-0.2, 0) is 11.2 Å². The normalized spacial score (nSPS) is 13.9. The van der Waals surface area contributed by atoms with E-state index in [-0.39, 0.29) is 31.2 Å². The van der Waals surface area contributed by atoms with E-state index in [1.807, 2.05) is 0 Å². The number of nitrogens with zero attached hydrogens (tertiary/aromatic N) is 1. The van der Waals surface area contributed by atoms with Crippen molar-refractivity contribution < 1.29 is 19.4 Å². The number of amides is 1. The van der Waals surface area contributed by atoms with Gasteiger partial charge >= 0.3 is 0 Å². The minimum Gasteiger partial charge on any atom is -0.392 e. The van der Waals surface area contributed by atoms with Crippen molar-refractivity contribution in [2.75, 3.05) is 13.1 Å². The second kappa shape index (κ2) is 7.21. The lowest BCUT2D eigenvalue weighted by molar-refractivity contribution is -0.133. The third kappa shape index (κ3) is 5.81. The third-order valence-corrected chi connectivity index (χ3v) is 2.59. The molecule has 0 radical (unpaired) electrons. The maximum Gasteiger partial charge on any atom is 0.227 e. The molecule has 19 heavy (non-hydrogen) atoms. The van der Waals surface area contributed by atoms with Crippen LogP contribution in [-0.4, -0.2) is 46.3 Å². The van der Waals surface area contributed by atoms with E-state index in [0.717, 1.165) is 0 Å². The molecule has 0 bridgehead atoms. The van der Waals surface area contributed by atoms with E-state index in [1.165, 1.54) is 17.0 Å². The van der Waals surface area contributed by atoms with Gasteiger partial charge in [-0.1, -0.05) is 12.1 Å². The number of halogens is 1. The van der Waals surface area contributed by atoms with Crippen molar-refractivity contribution in [3.05, 3.63) is 35.6 Å². The predicted octanol–water partition coefficient (Wildman–Crippen LogP) is 0.958. The minimum atomic E-state index is -0.657. The highest BCUT2D eigenvalue weighted by atomic mass is 19.1. The standard InChI is InChI=1S/C14H20FNO3/c1-10(17)8-16(9-11(2)18)14(19)7-12-3-5-13(15)6-4-12/h3-6,10-11,17-18H,7-9H2,1-2H3. The molecule has 0 heterocycles. The highest BCUT2D eigenvalue weighted by molar-refractivity contribution is 5.78. The Morgan fingerprint density at radius 1 is 1.16 bits per heavy atom. The van der Waals surface area contributed by atoms with Crippen molar-refractivity contribution in [1.29, 1.82) is 0 Å². The van der Waals surface area contributed by atoms with Crippen LogP contribution in [0, 0.1) is 5.82 Å². The minimum absolute atomic E-state index is 0.125. The number of carbonyl (C=O) groups excluding carboxylic acids is 1. The Morgan fingerprint density at radius 2 is 1.63 bits per heavy atom. The fraction of sp³-hybridized carbons (Fsp3) is 0.500. The molecule has 106 valence electrons. The molecular formula is C14H20FNO3. The number of aliphatic hydroxyl groups excluding tert-OH is 2. The molecule has 0 aliphatic heterocycles. The third-order valence-electron chi connectivity index (χ3n) is 2.59. The van der Waals surface area contributed by atoms with Crippen molar-refractivity contribution in [3.63, 3.8) is 0 Å². The molecule has 2 atom stereocenters. The molecule has 5 heteroatoms. The smallest absolute Gasteiger partial charge is 0.227 e. The van der Waals surface area contributed by atoms with Gasteiger partial charge in [-0.15, -0.1) is 0 Å². The SMILES string of the molecule is CC(O)CN(CC(C)O)C(=O)Cc1ccc(F)cc1. The van der Waals surface area contributed by atoms with Crippen molar-refractivity contribution in [1.82, 2.24) is 4.90 Å². The van der Waals surface area contributed by atoms with Gasteiger partial charge in [0.25, 0.3) is 0 Å². The number of carbonyl (C=O) groups is 1. The molecule has 1 aromatic carbocycles. The summed E-state index contributed by atoms with van der Waals surface area (Å²) >= 11 is 0. The van der Waals surface area contributed by atoms with E-state index >= 15 is 0 Å². The van der Waals surface area contributed by atoms with Crippen molar-refractivity contribution in [2.24, 2.45) is 0 Å². The summed E-state index contributed by atoms with van der Waals surface area (Å²) in [6.45, 7) is 3.51. The van der Waals surface area contributed by atoms with Crippen molar-refractivity contribution >= 4 is 5.91 Å². The van der Waals surface area contributed by atoms with Gasteiger partial charge in [0.2, 0.25) is 5.91 Å². The van der Waals surface area contributed by atoms with E-state index in [9.17, 15) is 19.4 Å². The second-order valence-electron chi connectivity index (χ2n) is 4.80. The summed E-state index contributed by atoms with van der Waals surface area (Å²) in [7, 11) is 0. The molecule has 2 N–H and O–H groups in total. The lowest BCUT2D eigenvalue weighted by Crippen LogP contribution is -2.41. The van der Waals surface area contributed by atoms with E-state index in [4.69, 9.17) is 0 Å². The largest absolute Gasteiger partial charge is 0.392 e. The Morgan fingerprint density at radius 3 is 2.05 bits per heavy atom. The van der Waals surface area contributed by atoms with E-state index < -0.39 is 12.2 Å². The topological polar surface area (TPSA) is 60.8 Å². The molecule has 1 amide bonds. The van der Waals surface area contributed by atoms with Gasteiger partial charge in [-0.2, -0.15) is 0 Å². The first-order valence-electron chi connectivity index (χ1n) is 6.27. The fourth-order valence-corrected chi connectivity index (χ4v) is 1.80. The Labute approximate surface area is 112 Å². The zero-order valence-corrected chi connectivity index (χ0v) is 11.2. The summed E-state index contributed by atoms with van der Waals surface area (Å²) in [6.07, 6.45) is -1.19. The van der Waals surface area contributed by atoms with E-state index in [2.05, 4.69) is 0 Å². The molecule has 0 aliphatic carbocycles. The first-order chi connectivity index (χ1) is 8.88. The summed E-state index contributed by atoms with van der Waals surface area (Å²) in [5.74, 6) is -0.547. The number of aliphatic hydroxyl groups is 2. The molecular weight excluding hydrogens is 249 g/mol. The molecule has 0 spiro atoms. The van der Waals surface area contributed by atoms with Gasteiger partial charge in [-0.3, -0.25) is 4.79 Å². The van der Waals surface area contributed by atoms with Crippen LogP contribution in [0.1, 0.15) is 19.4 Å². The molecule has 1 aromatic rings. The predicted molar refractivity (Wildman–Crippen MR) is 70.0 cm³/mol. The molecule has 0 saturated heterocycles. The lowest BCUT2D eigenvalue weighted by atomic mass is 10.1. The van der Waals surface area contributed by atoms with Crippen LogP contribution < -0.4 is 0 Å². The van der Waals surface area contributed by atoms with E-state index in [1.54, 1.807) is 26.0 Å². The maximum atomic E-state index is 12.8. The molecule has 2 unspecified atom stereocenters. The summed E-state index contributed by atoms with van der Waals surface area (Å²) in [5, 5.41) is 18.7. The van der Waals surface area contributed by atoms with Gasteiger partial charge in [0.1, 0.15) is 5.82 Å². The summed E-state index contributed by atoms with van der Waals surface area (Å²) in [5.41, 5.74) is 0.701. The average Bonchev–Trinajstić information content (AvgIpc) is 2.30. The van der Waals surface area contributed by atoms with Crippen molar-refractivity contribution in [2.45, 2.75) is 32.5 Å². The number of benzene rings is 1. The monoisotopic (exact) mass is 269 g/mol. The van der Waals surface area contributed by atoms with Gasteiger partial charge in [0.15, 0.2) is 0 Å². The Balaban J connectivity index is 2.67. The fourth-order valence-electron chi connectivity index (χ4n) is 1.80. The Bertz CT molecular complexity index is 394. The van der Waals surface area contributed by atoms with Crippen molar-refractivity contribution in [3.8, 4) is 0 Å². The summed E-state index contributed by atoms with van der Waals surface area (Å²) < 4.78 is 12.8. The first kappa shape index (κ1) is 15.6. The summed E-state index contributed by atoms with van der Waals surface area (Å²) in [6, 6.07) is 5.71. The average molecular weight is 269 g/mol. The number of hydrogen-bond donors (Lipinski definition) is 2. The maximum absolute atomic E-state index is 12.8. The second-order valence-corrected chi connectivity index (χ2v) is 4.80. The molecule has 0 aromatic heterocycles. The van der Waals surface area contributed by atoms with Crippen LogP contribution >= 0.6 is 0 Å². The molecule has 0 saturated carbocycles. The first-order valence-corrected chi connectivity index (χ1v) is 6.27. The van der Waals surface area contributed by atoms with E-state index in [0.29, 0.717) is 5.56 Å². The highest BCUT2D eigenvalue weighted by Gasteiger charge is 2.17. The van der Waals surface area contributed by atoms with Crippen LogP contribution in [0.15, 0.2) is 24.3 Å². The number of rotatable bonds is 6. The van der Waals surface area contributed by atoms with Crippen LogP contribution in [0.2, 0.25) is 0 Å². The molecule has 0 aliphatic rings. The molecule has 1 rings (SSSR count). The van der Waals surface area contributed by atoms with Crippen LogP contribution in [0.3, 0.4) is 0 Å². The Kier molecular flexibility index (Phi) is 5.92. The zero-order valence-electron chi connectivity index (χ0n) is 11.2. The van der Waals surface area contributed by atoms with Gasteiger partial charge < -0.3 is 15.1 Å². The highest BCUT2D eigenvalue weighted by Crippen LogP contribution is 2.07. The summed E-state index contributed by atoms with van der Waals surface area (Å²) in [4.78, 5) is 13.5. The zero-order chi connectivity index (χ0) is 14.4. The van der Waals surface area contributed by atoms with Gasteiger partial charge in [0.05, 0.1) is 18.6 Å².